The van der Waals surface area contributed by atoms with Crippen LogP contribution in [-0.4, -0.2) is 43.6 Å². The lowest BCUT2D eigenvalue weighted by Gasteiger charge is -2.26. The number of anilines is 1. The summed E-state index contributed by atoms with van der Waals surface area (Å²) in [6.45, 7) is 1.84. The number of hydrogen-bond acceptors (Lipinski definition) is 4. The number of rotatable bonds is 7. The average Bonchev–Trinajstić information content (AvgIpc) is 2.34. The topological polar surface area (TPSA) is 52.9 Å². The van der Waals surface area contributed by atoms with Gasteiger partial charge in [0.25, 0.3) is 0 Å². The molecule has 1 aromatic rings. The Morgan fingerprint density at radius 3 is 2.65 bits per heavy atom. The van der Waals surface area contributed by atoms with E-state index in [1.807, 2.05) is 23.1 Å². The van der Waals surface area contributed by atoms with Crippen LogP contribution in [0.1, 0.15) is 5.56 Å². The first-order valence-corrected chi connectivity index (χ1v) is 6.26. The molecule has 0 atom stereocenters. The van der Waals surface area contributed by atoms with E-state index in [4.69, 9.17) is 9.84 Å². The lowest BCUT2D eigenvalue weighted by Crippen LogP contribution is -2.31. The third-order valence-corrected chi connectivity index (χ3v) is 2.99. The molecule has 0 spiro atoms. The standard InChI is InChI=1S/C12H18BrNO3/c1-17-7-5-14(4-6-15)12-8-11(13)3-2-10(12)9-16/h2-3,8,15-16H,4-7,9H2,1H3. The fourth-order valence-electron chi connectivity index (χ4n) is 1.64. The smallest absolute Gasteiger partial charge is 0.0702 e. The number of aliphatic hydroxyl groups is 2. The van der Waals surface area contributed by atoms with Gasteiger partial charge in [-0.3, -0.25) is 0 Å². The fourth-order valence-corrected chi connectivity index (χ4v) is 1.99. The van der Waals surface area contributed by atoms with Crippen LogP contribution in [0.25, 0.3) is 0 Å². The van der Waals surface area contributed by atoms with Crippen LogP contribution in [0.5, 0.6) is 0 Å². The van der Waals surface area contributed by atoms with Crippen molar-refractivity contribution in [1.29, 1.82) is 0 Å². The van der Waals surface area contributed by atoms with E-state index in [0.717, 1.165) is 15.7 Å². The minimum absolute atomic E-state index is 0.0163. The van der Waals surface area contributed by atoms with E-state index in [2.05, 4.69) is 15.9 Å². The van der Waals surface area contributed by atoms with Gasteiger partial charge in [0.1, 0.15) is 0 Å². The molecule has 96 valence electrons. The van der Waals surface area contributed by atoms with Crippen LogP contribution >= 0.6 is 15.9 Å². The third-order valence-electron chi connectivity index (χ3n) is 2.49. The van der Waals surface area contributed by atoms with E-state index in [9.17, 15) is 5.11 Å². The Balaban J connectivity index is 2.93. The van der Waals surface area contributed by atoms with Gasteiger partial charge in [-0.05, 0) is 12.1 Å². The van der Waals surface area contributed by atoms with Crippen molar-refractivity contribution in [3.8, 4) is 0 Å². The predicted octanol–water partition coefficient (Wildman–Crippen LogP) is 1.39. The van der Waals surface area contributed by atoms with Crippen molar-refractivity contribution in [2.45, 2.75) is 6.61 Å². The molecule has 0 saturated heterocycles. The minimum atomic E-state index is -0.0163. The Kier molecular flexibility index (Phi) is 6.50. The number of benzene rings is 1. The summed E-state index contributed by atoms with van der Waals surface area (Å²) in [6, 6.07) is 5.70. The zero-order chi connectivity index (χ0) is 12.7. The van der Waals surface area contributed by atoms with Gasteiger partial charge >= 0.3 is 0 Å². The Hall–Kier alpha value is -0.620. The van der Waals surface area contributed by atoms with Crippen LogP contribution in [0.3, 0.4) is 0 Å². The zero-order valence-corrected chi connectivity index (χ0v) is 11.5. The number of aliphatic hydroxyl groups excluding tert-OH is 2. The molecule has 0 aliphatic heterocycles. The summed E-state index contributed by atoms with van der Waals surface area (Å²) in [5, 5.41) is 18.4. The molecule has 0 aromatic heterocycles. The lowest BCUT2D eigenvalue weighted by molar-refractivity contribution is 0.202. The van der Waals surface area contributed by atoms with Crippen LogP contribution in [0.2, 0.25) is 0 Å². The van der Waals surface area contributed by atoms with Crippen molar-refractivity contribution >= 4 is 21.6 Å². The fraction of sp³-hybridized carbons (Fsp3) is 0.500. The number of nitrogens with zero attached hydrogens (tertiary/aromatic N) is 1. The first-order chi connectivity index (χ1) is 8.22. The molecule has 1 rings (SSSR count). The lowest BCUT2D eigenvalue weighted by atomic mass is 10.1. The van der Waals surface area contributed by atoms with E-state index in [1.54, 1.807) is 7.11 Å². The van der Waals surface area contributed by atoms with Gasteiger partial charge in [0, 0.05) is 35.9 Å². The van der Waals surface area contributed by atoms with Gasteiger partial charge in [0.05, 0.1) is 19.8 Å². The molecule has 0 aliphatic rings. The summed E-state index contributed by atoms with van der Waals surface area (Å²) in [4.78, 5) is 2.00. The third kappa shape index (κ3) is 4.27. The van der Waals surface area contributed by atoms with Gasteiger partial charge < -0.3 is 19.8 Å². The maximum Gasteiger partial charge on any atom is 0.0702 e. The highest BCUT2D eigenvalue weighted by molar-refractivity contribution is 9.10. The first-order valence-electron chi connectivity index (χ1n) is 5.47. The molecule has 0 saturated carbocycles. The van der Waals surface area contributed by atoms with E-state index in [1.165, 1.54) is 0 Å². The number of methoxy groups -OCH3 is 1. The molecule has 0 amide bonds. The van der Waals surface area contributed by atoms with Gasteiger partial charge in [0.2, 0.25) is 0 Å². The van der Waals surface area contributed by atoms with Gasteiger partial charge in [0.15, 0.2) is 0 Å². The van der Waals surface area contributed by atoms with E-state index >= 15 is 0 Å². The number of halogens is 1. The molecule has 0 unspecified atom stereocenters. The maximum atomic E-state index is 9.32. The molecule has 17 heavy (non-hydrogen) atoms. The van der Waals surface area contributed by atoms with Gasteiger partial charge in [-0.1, -0.05) is 22.0 Å². The monoisotopic (exact) mass is 303 g/mol. The Labute approximate surface area is 110 Å². The second-order valence-electron chi connectivity index (χ2n) is 3.63. The second-order valence-corrected chi connectivity index (χ2v) is 4.55. The molecule has 0 bridgehead atoms. The summed E-state index contributed by atoms with van der Waals surface area (Å²) in [6.07, 6.45) is 0. The second kappa shape index (κ2) is 7.66. The largest absolute Gasteiger partial charge is 0.395 e. The van der Waals surface area contributed by atoms with E-state index in [0.29, 0.717) is 19.7 Å². The summed E-state index contributed by atoms with van der Waals surface area (Å²) in [5.41, 5.74) is 1.77. The molecule has 0 heterocycles. The van der Waals surface area contributed by atoms with Crippen LogP contribution in [-0.2, 0) is 11.3 Å². The van der Waals surface area contributed by atoms with E-state index in [-0.39, 0.29) is 13.2 Å². The summed E-state index contributed by atoms with van der Waals surface area (Å²) in [7, 11) is 1.64. The van der Waals surface area contributed by atoms with Gasteiger partial charge in [-0.2, -0.15) is 0 Å². The summed E-state index contributed by atoms with van der Waals surface area (Å²) in [5.74, 6) is 0. The highest BCUT2D eigenvalue weighted by Crippen LogP contribution is 2.25. The minimum Gasteiger partial charge on any atom is -0.395 e. The summed E-state index contributed by atoms with van der Waals surface area (Å²) >= 11 is 3.41. The maximum absolute atomic E-state index is 9.32. The zero-order valence-electron chi connectivity index (χ0n) is 9.90. The van der Waals surface area contributed by atoms with Gasteiger partial charge in [-0.15, -0.1) is 0 Å². The molecule has 0 radical (unpaired) electrons. The van der Waals surface area contributed by atoms with Crippen LogP contribution in [0.4, 0.5) is 5.69 Å². The molecule has 1 aromatic carbocycles. The molecular weight excluding hydrogens is 286 g/mol. The molecular formula is C12H18BrNO3. The number of ether oxygens (including phenoxy) is 1. The van der Waals surface area contributed by atoms with Crippen molar-refractivity contribution in [2.75, 3.05) is 38.3 Å². The predicted molar refractivity (Wildman–Crippen MR) is 71.2 cm³/mol. The van der Waals surface area contributed by atoms with Crippen molar-refractivity contribution < 1.29 is 14.9 Å². The Morgan fingerprint density at radius 2 is 2.06 bits per heavy atom. The average molecular weight is 304 g/mol. The normalized spacial score (nSPS) is 10.6. The Morgan fingerprint density at radius 1 is 1.29 bits per heavy atom. The first kappa shape index (κ1) is 14.4. The van der Waals surface area contributed by atoms with E-state index < -0.39 is 0 Å². The quantitative estimate of drug-likeness (QED) is 0.799. The van der Waals surface area contributed by atoms with Crippen molar-refractivity contribution in [3.63, 3.8) is 0 Å². The highest BCUT2D eigenvalue weighted by Gasteiger charge is 2.10. The molecule has 4 nitrogen and oxygen atoms in total. The Bertz CT molecular complexity index is 347. The van der Waals surface area contributed by atoms with Crippen molar-refractivity contribution in [1.82, 2.24) is 0 Å². The molecule has 0 fully saturated rings. The SMILES string of the molecule is COCCN(CCO)c1cc(Br)ccc1CO. The molecule has 5 heteroatoms. The van der Waals surface area contributed by atoms with Crippen LogP contribution < -0.4 is 4.90 Å². The molecule has 0 aliphatic carbocycles. The number of hydrogen-bond donors (Lipinski definition) is 2. The van der Waals surface area contributed by atoms with Crippen molar-refractivity contribution in [3.05, 3.63) is 28.2 Å². The van der Waals surface area contributed by atoms with Crippen LogP contribution in [0, 0.1) is 0 Å². The van der Waals surface area contributed by atoms with Gasteiger partial charge in [-0.25, -0.2) is 0 Å². The summed E-state index contributed by atoms with van der Waals surface area (Å²) < 4.78 is 6.00. The van der Waals surface area contributed by atoms with Crippen LogP contribution in [0.15, 0.2) is 22.7 Å². The highest BCUT2D eigenvalue weighted by atomic mass is 79.9. The molecule has 2 N–H and O–H groups in total. The van der Waals surface area contributed by atoms with Crippen molar-refractivity contribution in [2.24, 2.45) is 0 Å².